The van der Waals surface area contributed by atoms with Crippen molar-refractivity contribution in [2.45, 2.75) is 38.9 Å². The van der Waals surface area contributed by atoms with Crippen molar-refractivity contribution in [2.24, 2.45) is 11.7 Å². The molecular formula is C23H24F4N2O. The van der Waals surface area contributed by atoms with E-state index in [1.54, 1.807) is 19.1 Å². The van der Waals surface area contributed by atoms with E-state index in [9.17, 15) is 17.6 Å². The fourth-order valence-corrected chi connectivity index (χ4v) is 3.65. The molecule has 0 aliphatic carbocycles. The number of halogens is 4. The Morgan fingerprint density at radius 1 is 1.07 bits per heavy atom. The summed E-state index contributed by atoms with van der Waals surface area (Å²) in [6, 6.07) is 9.53. The summed E-state index contributed by atoms with van der Waals surface area (Å²) in [6.45, 7) is 5.71. The molecule has 3 rings (SSSR count). The molecule has 0 aliphatic rings. The number of rotatable bonds is 6. The van der Waals surface area contributed by atoms with Gasteiger partial charge < -0.3 is 10.5 Å². The predicted octanol–water partition coefficient (Wildman–Crippen LogP) is 6.20. The van der Waals surface area contributed by atoms with Crippen LogP contribution in [-0.2, 0) is 6.18 Å². The van der Waals surface area contributed by atoms with Crippen molar-refractivity contribution in [3.63, 3.8) is 0 Å². The van der Waals surface area contributed by atoms with Gasteiger partial charge in [0.15, 0.2) is 0 Å². The Labute approximate surface area is 172 Å². The average Bonchev–Trinajstić information content (AvgIpc) is 2.64. The summed E-state index contributed by atoms with van der Waals surface area (Å²) in [6.07, 6.45) is -2.55. The number of hydrogen-bond donors (Lipinski definition) is 1. The first kappa shape index (κ1) is 22.0. The lowest BCUT2D eigenvalue weighted by Crippen LogP contribution is -2.43. The van der Waals surface area contributed by atoms with Crippen LogP contribution in [0, 0.1) is 11.7 Å². The zero-order chi connectivity index (χ0) is 22.1. The Bertz CT molecular complexity index is 1050. The number of benzene rings is 2. The molecule has 0 fully saturated rings. The van der Waals surface area contributed by atoms with Gasteiger partial charge in [-0.15, -0.1) is 0 Å². The van der Waals surface area contributed by atoms with E-state index in [-0.39, 0.29) is 18.3 Å². The van der Waals surface area contributed by atoms with Gasteiger partial charge in [0, 0.05) is 23.2 Å². The Balaban J connectivity index is 2.00. The van der Waals surface area contributed by atoms with Gasteiger partial charge >= 0.3 is 6.18 Å². The largest absolute Gasteiger partial charge is 0.491 e. The van der Waals surface area contributed by atoms with Gasteiger partial charge in [-0.2, -0.15) is 13.2 Å². The van der Waals surface area contributed by atoms with E-state index in [1.807, 2.05) is 13.8 Å². The lowest BCUT2D eigenvalue weighted by Gasteiger charge is -2.27. The number of hydrogen-bond acceptors (Lipinski definition) is 3. The zero-order valence-corrected chi connectivity index (χ0v) is 17.1. The molecule has 0 bridgehead atoms. The van der Waals surface area contributed by atoms with Crippen LogP contribution < -0.4 is 10.5 Å². The van der Waals surface area contributed by atoms with Crippen LogP contribution in [0.25, 0.3) is 22.0 Å². The molecule has 3 aromatic rings. The molecule has 3 nitrogen and oxygen atoms in total. The Morgan fingerprint density at radius 2 is 1.80 bits per heavy atom. The average molecular weight is 420 g/mol. The van der Waals surface area contributed by atoms with E-state index >= 15 is 0 Å². The summed E-state index contributed by atoms with van der Waals surface area (Å²) < 4.78 is 60.3. The number of nitrogens with zero attached hydrogens (tertiary/aromatic N) is 1. The highest BCUT2D eigenvalue weighted by Gasteiger charge is 2.35. The Hall–Kier alpha value is -2.67. The van der Waals surface area contributed by atoms with Gasteiger partial charge in [0.25, 0.3) is 0 Å². The molecule has 1 aromatic heterocycles. The SMILES string of the molecule is CC(C)CC(C)(N)COc1ccc(-c2ccnc3cc(F)ccc23)cc1C(F)(F)F. The molecule has 1 unspecified atom stereocenters. The van der Waals surface area contributed by atoms with Gasteiger partial charge in [-0.05, 0) is 60.7 Å². The van der Waals surface area contributed by atoms with Crippen LogP contribution in [0.3, 0.4) is 0 Å². The van der Waals surface area contributed by atoms with Crippen molar-refractivity contribution >= 4 is 10.9 Å². The van der Waals surface area contributed by atoms with Crippen molar-refractivity contribution in [2.75, 3.05) is 6.61 Å². The van der Waals surface area contributed by atoms with Gasteiger partial charge in [-0.3, -0.25) is 4.98 Å². The summed E-state index contributed by atoms with van der Waals surface area (Å²) in [5.74, 6) is -0.438. The van der Waals surface area contributed by atoms with E-state index in [2.05, 4.69) is 4.98 Å². The molecule has 0 spiro atoms. The molecule has 0 amide bonds. The maximum atomic E-state index is 13.8. The maximum absolute atomic E-state index is 13.8. The molecule has 0 aliphatic heterocycles. The highest BCUT2D eigenvalue weighted by Crippen LogP contribution is 2.40. The van der Waals surface area contributed by atoms with Crippen molar-refractivity contribution in [3.8, 4) is 16.9 Å². The second-order valence-corrected chi connectivity index (χ2v) is 8.27. The van der Waals surface area contributed by atoms with Crippen LogP contribution in [0.5, 0.6) is 5.75 Å². The summed E-state index contributed by atoms with van der Waals surface area (Å²) in [7, 11) is 0. The smallest absolute Gasteiger partial charge is 0.419 e. The standard InChI is InChI=1S/C23H24F4N2O/c1-14(2)12-22(3,28)13-30-21-7-4-15(10-19(21)23(25,26)27)17-8-9-29-20-11-16(24)5-6-18(17)20/h4-11,14H,12-13,28H2,1-3H3. The third-order valence-corrected chi connectivity index (χ3v) is 4.73. The molecule has 7 heteroatoms. The van der Waals surface area contributed by atoms with E-state index in [4.69, 9.17) is 10.5 Å². The summed E-state index contributed by atoms with van der Waals surface area (Å²) >= 11 is 0. The molecule has 2 N–H and O–H groups in total. The van der Waals surface area contributed by atoms with Gasteiger partial charge in [-0.1, -0.05) is 19.9 Å². The minimum Gasteiger partial charge on any atom is -0.491 e. The number of fused-ring (bicyclic) bond motifs is 1. The van der Waals surface area contributed by atoms with Gasteiger partial charge in [0.2, 0.25) is 0 Å². The van der Waals surface area contributed by atoms with E-state index in [0.717, 1.165) is 6.07 Å². The second kappa shape index (κ2) is 8.22. The first-order valence-corrected chi connectivity index (χ1v) is 9.64. The van der Waals surface area contributed by atoms with Crippen molar-refractivity contribution < 1.29 is 22.3 Å². The van der Waals surface area contributed by atoms with Gasteiger partial charge in [0.1, 0.15) is 18.2 Å². The highest BCUT2D eigenvalue weighted by atomic mass is 19.4. The van der Waals surface area contributed by atoms with Crippen LogP contribution >= 0.6 is 0 Å². The molecular weight excluding hydrogens is 396 g/mol. The van der Waals surface area contributed by atoms with E-state index < -0.39 is 23.1 Å². The third kappa shape index (κ3) is 5.08. The van der Waals surface area contributed by atoms with E-state index in [1.165, 1.54) is 30.5 Å². The zero-order valence-electron chi connectivity index (χ0n) is 17.1. The van der Waals surface area contributed by atoms with Crippen LogP contribution in [0.1, 0.15) is 32.8 Å². The lowest BCUT2D eigenvalue weighted by molar-refractivity contribution is -0.139. The number of alkyl halides is 3. The molecule has 0 saturated heterocycles. The minimum atomic E-state index is -4.61. The highest BCUT2D eigenvalue weighted by molar-refractivity contribution is 5.94. The van der Waals surface area contributed by atoms with Crippen molar-refractivity contribution in [1.29, 1.82) is 0 Å². The first-order valence-electron chi connectivity index (χ1n) is 9.64. The summed E-state index contributed by atoms with van der Waals surface area (Å²) in [5, 5.41) is 0.562. The molecule has 160 valence electrons. The lowest BCUT2D eigenvalue weighted by atomic mass is 9.93. The van der Waals surface area contributed by atoms with Crippen molar-refractivity contribution in [1.82, 2.24) is 4.98 Å². The molecule has 0 radical (unpaired) electrons. The maximum Gasteiger partial charge on any atom is 0.419 e. The summed E-state index contributed by atoms with van der Waals surface area (Å²) in [5.41, 5.74) is 5.78. The van der Waals surface area contributed by atoms with Crippen LogP contribution in [0.15, 0.2) is 48.7 Å². The van der Waals surface area contributed by atoms with Crippen LogP contribution in [0.4, 0.5) is 17.6 Å². The quantitative estimate of drug-likeness (QED) is 0.483. The Kier molecular flexibility index (Phi) is 6.04. The number of aromatic nitrogens is 1. The summed E-state index contributed by atoms with van der Waals surface area (Å²) in [4.78, 5) is 4.10. The topological polar surface area (TPSA) is 48.1 Å². The third-order valence-electron chi connectivity index (χ3n) is 4.73. The predicted molar refractivity (Wildman–Crippen MR) is 110 cm³/mol. The Morgan fingerprint density at radius 3 is 2.47 bits per heavy atom. The molecule has 1 atom stereocenters. The number of ether oxygens (including phenoxy) is 1. The van der Waals surface area contributed by atoms with Gasteiger partial charge in [-0.25, -0.2) is 4.39 Å². The van der Waals surface area contributed by atoms with Crippen LogP contribution in [0.2, 0.25) is 0 Å². The number of nitrogens with two attached hydrogens (primary N) is 1. The van der Waals surface area contributed by atoms with Gasteiger partial charge in [0.05, 0.1) is 11.1 Å². The van der Waals surface area contributed by atoms with E-state index in [0.29, 0.717) is 28.5 Å². The van der Waals surface area contributed by atoms with Crippen molar-refractivity contribution in [3.05, 3.63) is 60.0 Å². The molecule has 30 heavy (non-hydrogen) atoms. The van der Waals surface area contributed by atoms with Crippen LogP contribution in [-0.4, -0.2) is 17.1 Å². The fraction of sp³-hybridized carbons (Fsp3) is 0.348. The number of pyridine rings is 1. The second-order valence-electron chi connectivity index (χ2n) is 8.27. The first-order chi connectivity index (χ1) is 14.0. The minimum absolute atomic E-state index is 0.0366. The normalized spacial score (nSPS) is 14.2. The molecule has 0 saturated carbocycles. The molecule has 1 heterocycles. The molecule has 2 aromatic carbocycles. The fourth-order valence-electron chi connectivity index (χ4n) is 3.65. The monoisotopic (exact) mass is 420 g/mol.